The molecule has 0 spiro atoms. The van der Waals surface area contributed by atoms with Crippen LogP contribution in [-0.4, -0.2) is 14.7 Å². The van der Waals surface area contributed by atoms with Gasteiger partial charge in [-0.1, -0.05) is 22.8 Å². The van der Waals surface area contributed by atoms with Gasteiger partial charge in [0.1, 0.15) is 17.2 Å². The Labute approximate surface area is 118 Å². The minimum absolute atomic E-state index is 0.00217. The van der Waals surface area contributed by atoms with E-state index in [4.69, 9.17) is 21.9 Å². The van der Waals surface area contributed by atoms with E-state index in [-0.39, 0.29) is 16.5 Å². The second-order valence-electron chi connectivity index (χ2n) is 4.29. The third kappa shape index (κ3) is 1.94. The van der Waals surface area contributed by atoms with Crippen LogP contribution >= 0.6 is 11.6 Å². The Bertz CT molecular complexity index is 760. The third-order valence-electron chi connectivity index (χ3n) is 2.88. The molecular weight excluding hydrogens is 283 g/mol. The highest BCUT2D eigenvalue weighted by molar-refractivity contribution is 6.33. The van der Waals surface area contributed by atoms with Gasteiger partial charge in [0.15, 0.2) is 0 Å². The van der Waals surface area contributed by atoms with E-state index in [1.807, 2.05) is 7.05 Å². The lowest BCUT2D eigenvalue weighted by Gasteiger charge is -2.05. The normalized spacial score (nSPS) is 10.9. The van der Waals surface area contributed by atoms with Gasteiger partial charge in [0.25, 0.3) is 0 Å². The van der Waals surface area contributed by atoms with Gasteiger partial charge < -0.3 is 14.8 Å². The van der Waals surface area contributed by atoms with Crippen LogP contribution in [0.2, 0.25) is 5.02 Å². The maximum Gasteiger partial charge on any atom is 0.230 e. The first kappa shape index (κ1) is 12.7. The van der Waals surface area contributed by atoms with Crippen molar-refractivity contribution in [3.63, 3.8) is 0 Å². The number of aromatic nitrogens is 3. The summed E-state index contributed by atoms with van der Waals surface area (Å²) < 4.78 is 20.8. The van der Waals surface area contributed by atoms with Gasteiger partial charge in [0.2, 0.25) is 5.88 Å². The average Bonchev–Trinajstić information content (AvgIpc) is 2.97. The van der Waals surface area contributed by atoms with E-state index >= 15 is 0 Å². The molecule has 2 heterocycles. The van der Waals surface area contributed by atoms with Gasteiger partial charge in [-0.2, -0.15) is 0 Å². The highest BCUT2D eigenvalue weighted by Crippen LogP contribution is 2.40. The Kier molecular flexibility index (Phi) is 2.94. The molecule has 0 saturated heterocycles. The predicted octanol–water partition coefficient (Wildman–Crippen LogP) is 3.12. The average molecular weight is 293 g/mol. The second kappa shape index (κ2) is 4.64. The summed E-state index contributed by atoms with van der Waals surface area (Å²) in [7, 11) is 1.82. The summed E-state index contributed by atoms with van der Waals surface area (Å²) in [4.78, 5) is 4.16. The molecule has 102 valence electrons. The first-order valence-corrected chi connectivity index (χ1v) is 6.13. The van der Waals surface area contributed by atoms with Gasteiger partial charge in [-0.05, 0) is 12.1 Å². The highest BCUT2D eigenvalue weighted by Gasteiger charge is 2.23. The number of imidazole rings is 1. The molecule has 2 aromatic heterocycles. The summed E-state index contributed by atoms with van der Waals surface area (Å²) >= 11 is 6.07. The summed E-state index contributed by atoms with van der Waals surface area (Å²) in [5.74, 6) is -0.498. The molecule has 0 radical (unpaired) electrons. The molecule has 0 aliphatic rings. The van der Waals surface area contributed by atoms with Crippen molar-refractivity contribution < 1.29 is 8.91 Å². The Hall–Kier alpha value is -2.34. The number of hydrogen-bond donors (Lipinski definition) is 1. The zero-order valence-corrected chi connectivity index (χ0v) is 11.2. The standard InChI is InChI=1S/C13H10ClFN4O/c1-19-5-9(17-6-19)12-11(13(16)20-18-12)10-7(14)3-2-4-8(10)15/h2-6H,16H2,1H3. The highest BCUT2D eigenvalue weighted by atomic mass is 35.5. The molecule has 1 aromatic carbocycles. The smallest absolute Gasteiger partial charge is 0.230 e. The minimum Gasteiger partial charge on any atom is -0.367 e. The second-order valence-corrected chi connectivity index (χ2v) is 4.70. The molecule has 20 heavy (non-hydrogen) atoms. The SMILES string of the molecule is Cn1cnc(-c2noc(N)c2-c2c(F)cccc2Cl)c1. The van der Waals surface area contributed by atoms with Crippen molar-refractivity contribution in [2.24, 2.45) is 7.05 Å². The maximum absolute atomic E-state index is 14.1. The first-order valence-electron chi connectivity index (χ1n) is 5.76. The van der Waals surface area contributed by atoms with Gasteiger partial charge in [0, 0.05) is 18.8 Å². The summed E-state index contributed by atoms with van der Waals surface area (Å²) in [6, 6.07) is 4.40. The van der Waals surface area contributed by atoms with E-state index in [2.05, 4.69) is 10.1 Å². The predicted molar refractivity (Wildman–Crippen MR) is 73.5 cm³/mol. The number of anilines is 1. The fraction of sp³-hybridized carbons (Fsp3) is 0.0769. The van der Waals surface area contributed by atoms with Gasteiger partial charge in [-0.15, -0.1) is 0 Å². The molecule has 3 aromatic rings. The molecule has 0 atom stereocenters. The summed E-state index contributed by atoms with van der Waals surface area (Å²) in [5.41, 5.74) is 7.13. The number of nitrogen functional groups attached to an aromatic ring is 1. The van der Waals surface area contributed by atoms with Crippen molar-refractivity contribution >= 4 is 17.5 Å². The molecule has 0 aliphatic heterocycles. The van der Waals surface area contributed by atoms with E-state index in [9.17, 15) is 4.39 Å². The molecule has 3 rings (SSSR count). The van der Waals surface area contributed by atoms with Gasteiger partial charge in [-0.25, -0.2) is 9.37 Å². The summed E-state index contributed by atoms with van der Waals surface area (Å²) in [6.45, 7) is 0. The number of aryl methyl sites for hydroxylation is 1. The molecule has 2 N–H and O–H groups in total. The largest absolute Gasteiger partial charge is 0.367 e. The molecule has 5 nitrogen and oxygen atoms in total. The van der Waals surface area contributed by atoms with Crippen LogP contribution in [-0.2, 0) is 7.05 Å². The van der Waals surface area contributed by atoms with Crippen molar-refractivity contribution in [1.29, 1.82) is 0 Å². The van der Waals surface area contributed by atoms with Crippen molar-refractivity contribution in [3.05, 3.63) is 41.6 Å². The molecule has 0 fully saturated rings. The summed E-state index contributed by atoms with van der Waals surface area (Å²) in [5, 5.41) is 4.09. The Morgan fingerprint density at radius 2 is 2.15 bits per heavy atom. The van der Waals surface area contributed by atoms with Gasteiger partial charge in [-0.3, -0.25) is 0 Å². The van der Waals surface area contributed by atoms with Crippen LogP contribution in [0, 0.1) is 5.82 Å². The van der Waals surface area contributed by atoms with E-state index < -0.39 is 5.82 Å². The van der Waals surface area contributed by atoms with Gasteiger partial charge in [0.05, 0.1) is 16.9 Å². The van der Waals surface area contributed by atoms with Crippen molar-refractivity contribution in [3.8, 4) is 22.5 Å². The lowest BCUT2D eigenvalue weighted by Crippen LogP contribution is -1.92. The summed E-state index contributed by atoms with van der Waals surface area (Å²) in [6.07, 6.45) is 3.34. The first-order chi connectivity index (χ1) is 9.58. The fourth-order valence-corrected chi connectivity index (χ4v) is 2.25. The quantitative estimate of drug-likeness (QED) is 0.788. The number of halogens is 2. The lowest BCUT2D eigenvalue weighted by molar-refractivity contribution is 0.439. The third-order valence-corrected chi connectivity index (χ3v) is 3.19. The monoisotopic (exact) mass is 292 g/mol. The van der Waals surface area contributed by atoms with Crippen LogP contribution in [0.15, 0.2) is 35.2 Å². The van der Waals surface area contributed by atoms with Crippen LogP contribution in [0.4, 0.5) is 10.3 Å². The van der Waals surface area contributed by atoms with Crippen LogP contribution in [0.3, 0.4) is 0 Å². The van der Waals surface area contributed by atoms with E-state index in [1.54, 1.807) is 23.2 Å². The molecule has 0 unspecified atom stereocenters. The molecule has 0 aliphatic carbocycles. The van der Waals surface area contributed by atoms with Crippen molar-refractivity contribution in [2.45, 2.75) is 0 Å². The zero-order valence-electron chi connectivity index (χ0n) is 10.5. The van der Waals surface area contributed by atoms with E-state index in [0.717, 1.165) is 0 Å². The maximum atomic E-state index is 14.1. The van der Waals surface area contributed by atoms with Crippen LogP contribution in [0.1, 0.15) is 0 Å². The molecule has 0 amide bonds. The van der Waals surface area contributed by atoms with Crippen LogP contribution in [0.5, 0.6) is 0 Å². The number of hydrogen-bond acceptors (Lipinski definition) is 4. The number of nitrogens with two attached hydrogens (primary N) is 1. The molecule has 0 bridgehead atoms. The Balaban J connectivity index is 2.27. The Morgan fingerprint density at radius 3 is 2.80 bits per heavy atom. The number of nitrogens with zero attached hydrogens (tertiary/aromatic N) is 3. The van der Waals surface area contributed by atoms with Gasteiger partial charge >= 0.3 is 0 Å². The molecule has 7 heteroatoms. The number of benzene rings is 1. The van der Waals surface area contributed by atoms with Crippen LogP contribution in [0.25, 0.3) is 22.5 Å². The minimum atomic E-state index is -0.496. The fourth-order valence-electron chi connectivity index (χ4n) is 1.99. The molecule has 0 saturated carbocycles. The van der Waals surface area contributed by atoms with Crippen molar-refractivity contribution in [1.82, 2.24) is 14.7 Å². The topological polar surface area (TPSA) is 69.9 Å². The molecular formula is C13H10ClFN4O. The van der Waals surface area contributed by atoms with E-state index in [0.29, 0.717) is 17.0 Å². The number of rotatable bonds is 2. The lowest BCUT2D eigenvalue weighted by atomic mass is 10.0. The van der Waals surface area contributed by atoms with Crippen LogP contribution < -0.4 is 5.73 Å². The zero-order chi connectivity index (χ0) is 14.3. The Morgan fingerprint density at radius 1 is 1.35 bits per heavy atom. The van der Waals surface area contributed by atoms with Crippen molar-refractivity contribution in [2.75, 3.05) is 5.73 Å². The van der Waals surface area contributed by atoms with E-state index in [1.165, 1.54) is 12.1 Å².